The number of carbonyl (C=O) groups is 1. The molecule has 1 N–H and O–H groups in total. The lowest BCUT2D eigenvalue weighted by Crippen LogP contribution is -2.55. The Labute approximate surface area is 113 Å². The molecule has 6 heteroatoms. The van der Waals surface area contributed by atoms with Crippen LogP contribution in [0.1, 0.15) is 31.3 Å². The molecule has 6 nitrogen and oxygen atoms in total. The highest BCUT2D eigenvalue weighted by Gasteiger charge is 2.35. The number of aromatic nitrogens is 2. The standard InChI is InChI=1S/C13H20N4O2/c1-4-15-11-8-14-7-10(16-11)12(18)17-5-6-19-9-13(17,2)3/h7-8H,4-6,9H2,1-3H3,(H,15,16). The van der Waals surface area contributed by atoms with Crippen molar-refractivity contribution < 1.29 is 9.53 Å². The molecule has 0 aliphatic carbocycles. The van der Waals surface area contributed by atoms with Crippen LogP contribution < -0.4 is 5.32 Å². The average molecular weight is 264 g/mol. The quantitative estimate of drug-likeness (QED) is 0.887. The molecule has 1 aromatic heterocycles. The Morgan fingerprint density at radius 2 is 2.32 bits per heavy atom. The average Bonchev–Trinajstić information content (AvgIpc) is 2.38. The van der Waals surface area contributed by atoms with Crippen molar-refractivity contribution in [1.29, 1.82) is 0 Å². The molecule has 1 aliphatic rings. The van der Waals surface area contributed by atoms with E-state index in [4.69, 9.17) is 4.74 Å². The van der Waals surface area contributed by atoms with E-state index in [1.54, 1.807) is 11.1 Å². The van der Waals surface area contributed by atoms with Gasteiger partial charge >= 0.3 is 0 Å². The summed E-state index contributed by atoms with van der Waals surface area (Å²) >= 11 is 0. The second-order valence-electron chi connectivity index (χ2n) is 5.14. The zero-order chi connectivity index (χ0) is 13.9. The Morgan fingerprint density at radius 3 is 3.00 bits per heavy atom. The van der Waals surface area contributed by atoms with Crippen LogP contribution in [0.25, 0.3) is 0 Å². The van der Waals surface area contributed by atoms with Crippen LogP contribution >= 0.6 is 0 Å². The second-order valence-corrected chi connectivity index (χ2v) is 5.14. The van der Waals surface area contributed by atoms with Crippen molar-refractivity contribution in [3.05, 3.63) is 18.1 Å². The summed E-state index contributed by atoms with van der Waals surface area (Å²) < 4.78 is 5.42. The van der Waals surface area contributed by atoms with E-state index in [0.717, 1.165) is 6.54 Å². The molecule has 1 saturated heterocycles. The first-order chi connectivity index (χ1) is 9.04. The molecule has 0 saturated carbocycles. The van der Waals surface area contributed by atoms with Gasteiger partial charge in [0.15, 0.2) is 0 Å². The van der Waals surface area contributed by atoms with Gasteiger partial charge in [-0.05, 0) is 20.8 Å². The predicted octanol–water partition coefficient (Wildman–Crippen LogP) is 1.16. The van der Waals surface area contributed by atoms with Crippen LogP contribution in [0.5, 0.6) is 0 Å². The van der Waals surface area contributed by atoms with Gasteiger partial charge in [0.05, 0.1) is 31.1 Å². The first-order valence-corrected chi connectivity index (χ1v) is 6.50. The molecule has 0 bridgehead atoms. The molecule has 1 amide bonds. The van der Waals surface area contributed by atoms with Crippen molar-refractivity contribution in [3.8, 4) is 0 Å². The first kappa shape index (κ1) is 13.7. The summed E-state index contributed by atoms with van der Waals surface area (Å²) in [4.78, 5) is 22.7. The molecule has 2 rings (SSSR count). The van der Waals surface area contributed by atoms with Crippen LogP contribution in [0.15, 0.2) is 12.4 Å². The van der Waals surface area contributed by atoms with E-state index in [1.165, 1.54) is 6.20 Å². The molecular formula is C13H20N4O2. The van der Waals surface area contributed by atoms with Crippen LogP contribution in [0.3, 0.4) is 0 Å². The largest absolute Gasteiger partial charge is 0.377 e. The minimum Gasteiger partial charge on any atom is -0.377 e. The number of carbonyl (C=O) groups excluding carboxylic acids is 1. The summed E-state index contributed by atoms with van der Waals surface area (Å²) in [5.41, 5.74) is 0.0546. The molecule has 0 radical (unpaired) electrons. The molecule has 19 heavy (non-hydrogen) atoms. The summed E-state index contributed by atoms with van der Waals surface area (Å²) in [6.07, 6.45) is 3.12. The van der Waals surface area contributed by atoms with E-state index in [2.05, 4.69) is 15.3 Å². The van der Waals surface area contributed by atoms with Crippen molar-refractivity contribution in [3.63, 3.8) is 0 Å². The number of anilines is 1. The third-order valence-corrected chi connectivity index (χ3v) is 3.10. The summed E-state index contributed by atoms with van der Waals surface area (Å²) in [6, 6.07) is 0. The number of rotatable bonds is 3. The normalized spacial score (nSPS) is 18.2. The van der Waals surface area contributed by atoms with Gasteiger partial charge in [-0.25, -0.2) is 4.98 Å². The van der Waals surface area contributed by atoms with E-state index >= 15 is 0 Å². The molecule has 0 aromatic carbocycles. The van der Waals surface area contributed by atoms with Gasteiger partial charge in [0.1, 0.15) is 11.5 Å². The minimum atomic E-state index is -0.314. The van der Waals surface area contributed by atoms with Crippen LogP contribution in [0, 0.1) is 0 Å². The van der Waals surface area contributed by atoms with Crippen molar-refractivity contribution in [2.45, 2.75) is 26.3 Å². The maximum absolute atomic E-state index is 12.5. The molecular weight excluding hydrogens is 244 g/mol. The molecule has 0 spiro atoms. The van der Waals surface area contributed by atoms with Crippen molar-refractivity contribution in [1.82, 2.24) is 14.9 Å². The number of morpholine rings is 1. The van der Waals surface area contributed by atoms with Gasteiger partial charge in [0, 0.05) is 13.1 Å². The van der Waals surface area contributed by atoms with E-state index in [0.29, 0.717) is 31.3 Å². The summed E-state index contributed by atoms with van der Waals surface area (Å²) in [7, 11) is 0. The van der Waals surface area contributed by atoms with Gasteiger partial charge in [0.25, 0.3) is 5.91 Å². The molecule has 1 aromatic rings. The van der Waals surface area contributed by atoms with Gasteiger partial charge in [-0.1, -0.05) is 0 Å². The number of hydrogen-bond donors (Lipinski definition) is 1. The zero-order valence-corrected chi connectivity index (χ0v) is 11.6. The molecule has 104 valence electrons. The summed E-state index contributed by atoms with van der Waals surface area (Å²) in [6.45, 7) is 8.39. The Kier molecular flexibility index (Phi) is 3.99. The third kappa shape index (κ3) is 3.01. The Hall–Kier alpha value is -1.69. The Morgan fingerprint density at radius 1 is 1.53 bits per heavy atom. The lowest BCUT2D eigenvalue weighted by Gasteiger charge is -2.41. The fourth-order valence-electron chi connectivity index (χ4n) is 2.11. The SMILES string of the molecule is CCNc1cncc(C(=O)N2CCOCC2(C)C)n1. The highest BCUT2D eigenvalue weighted by Crippen LogP contribution is 2.21. The van der Waals surface area contributed by atoms with Gasteiger partial charge < -0.3 is 15.0 Å². The van der Waals surface area contributed by atoms with Gasteiger partial charge in [0.2, 0.25) is 0 Å². The van der Waals surface area contributed by atoms with Crippen molar-refractivity contribution >= 4 is 11.7 Å². The number of nitrogens with one attached hydrogen (secondary N) is 1. The van der Waals surface area contributed by atoms with Crippen molar-refractivity contribution in [2.24, 2.45) is 0 Å². The van der Waals surface area contributed by atoms with Crippen LogP contribution in [-0.2, 0) is 4.74 Å². The molecule has 0 atom stereocenters. The van der Waals surface area contributed by atoms with Gasteiger partial charge in [-0.15, -0.1) is 0 Å². The molecule has 1 fully saturated rings. The monoisotopic (exact) mass is 264 g/mol. The van der Waals surface area contributed by atoms with Crippen LogP contribution in [0.2, 0.25) is 0 Å². The molecule has 0 unspecified atom stereocenters. The summed E-state index contributed by atoms with van der Waals surface area (Å²) in [5.74, 6) is 0.528. The Bertz CT molecular complexity index is 462. The zero-order valence-electron chi connectivity index (χ0n) is 11.6. The van der Waals surface area contributed by atoms with Crippen LogP contribution in [-0.4, -0.2) is 52.6 Å². The van der Waals surface area contributed by atoms with E-state index in [1.807, 2.05) is 20.8 Å². The smallest absolute Gasteiger partial charge is 0.274 e. The highest BCUT2D eigenvalue weighted by atomic mass is 16.5. The molecule has 2 heterocycles. The minimum absolute atomic E-state index is 0.0967. The van der Waals surface area contributed by atoms with Gasteiger partial charge in [-0.3, -0.25) is 9.78 Å². The first-order valence-electron chi connectivity index (χ1n) is 6.50. The number of nitrogens with zero attached hydrogens (tertiary/aromatic N) is 3. The topological polar surface area (TPSA) is 67.4 Å². The lowest BCUT2D eigenvalue weighted by atomic mass is 10.0. The van der Waals surface area contributed by atoms with E-state index in [-0.39, 0.29) is 11.4 Å². The maximum Gasteiger partial charge on any atom is 0.274 e. The van der Waals surface area contributed by atoms with E-state index in [9.17, 15) is 4.79 Å². The fourth-order valence-corrected chi connectivity index (χ4v) is 2.11. The lowest BCUT2D eigenvalue weighted by molar-refractivity contribution is -0.0373. The highest BCUT2D eigenvalue weighted by molar-refractivity contribution is 5.93. The predicted molar refractivity (Wildman–Crippen MR) is 72.1 cm³/mol. The van der Waals surface area contributed by atoms with E-state index < -0.39 is 0 Å². The van der Waals surface area contributed by atoms with Crippen LogP contribution in [0.4, 0.5) is 5.82 Å². The Balaban J connectivity index is 2.20. The van der Waals surface area contributed by atoms with Gasteiger partial charge in [-0.2, -0.15) is 0 Å². The number of hydrogen-bond acceptors (Lipinski definition) is 5. The van der Waals surface area contributed by atoms with Crippen molar-refractivity contribution in [2.75, 3.05) is 31.6 Å². The summed E-state index contributed by atoms with van der Waals surface area (Å²) in [5, 5.41) is 3.06. The number of ether oxygens (including phenoxy) is 1. The third-order valence-electron chi connectivity index (χ3n) is 3.10. The fraction of sp³-hybridized carbons (Fsp3) is 0.615. The second kappa shape index (κ2) is 5.52. The molecule has 1 aliphatic heterocycles. The number of amides is 1. The maximum atomic E-state index is 12.5.